The second-order valence-electron chi connectivity index (χ2n) is 4.81. The monoisotopic (exact) mass is 378 g/mol. The van der Waals surface area contributed by atoms with Crippen LogP contribution in [0.15, 0.2) is 22.7 Å². The third-order valence-corrected chi connectivity index (χ3v) is 4.12. The highest BCUT2D eigenvalue weighted by molar-refractivity contribution is 9.10. The Bertz CT molecular complexity index is 481. The smallest absolute Gasteiger partial charge is 0.241 e. The predicted molar refractivity (Wildman–Crippen MR) is 88.1 cm³/mol. The van der Waals surface area contributed by atoms with Crippen LogP contribution in [-0.4, -0.2) is 32.3 Å². The SMILES string of the molecule is COc1ccc(NC(=O)C(N)C2CCOCC2)cc1Br.Cl. The lowest BCUT2D eigenvalue weighted by Crippen LogP contribution is -2.44. The summed E-state index contributed by atoms with van der Waals surface area (Å²) in [6, 6.07) is 4.88. The first-order valence-electron chi connectivity index (χ1n) is 6.59. The Kier molecular flexibility index (Phi) is 7.45. The van der Waals surface area contributed by atoms with Gasteiger partial charge in [-0.1, -0.05) is 0 Å². The Morgan fingerprint density at radius 2 is 2.14 bits per heavy atom. The van der Waals surface area contributed by atoms with Gasteiger partial charge < -0.3 is 20.5 Å². The zero-order valence-electron chi connectivity index (χ0n) is 11.8. The van der Waals surface area contributed by atoms with Crippen molar-refractivity contribution in [1.29, 1.82) is 0 Å². The maximum absolute atomic E-state index is 12.2. The van der Waals surface area contributed by atoms with Crippen LogP contribution in [0.3, 0.4) is 0 Å². The fourth-order valence-electron chi connectivity index (χ4n) is 2.26. The highest BCUT2D eigenvalue weighted by Gasteiger charge is 2.26. The number of carbonyl (C=O) groups excluding carboxylic acids is 1. The van der Waals surface area contributed by atoms with Crippen molar-refractivity contribution < 1.29 is 14.3 Å². The largest absolute Gasteiger partial charge is 0.496 e. The molecule has 0 aliphatic carbocycles. The normalized spacial score (nSPS) is 16.7. The predicted octanol–water partition coefficient (Wildman–Crippen LogP) is 2.57. The van der Waals surface area contributed by atoms with Crippen LogP contribution in [0.25, 0.3) is 0 Å². The number of amides is 1. The molecule has 118 valence electrons. The molecule has 0 bridgehead atoms. The lowest BCUT2D eigenvalue weighted by Gasteiger charge is -2.26. The average Bonchev–Trinajstić information content (AvgIpc) is 2.47. The number of methoxy groups -OCH3 is 1. The van der Waals surface area contributed by atoms with Gasteiger partial charge in [-0.3, -0.25) is 4.79 Å². The zero-order chi connectivity index (χ0) is 14.5. The molecule has 0 radical (unpaired) electrons. The fourth-order valence-corrected chi connectivity index (χ4v) is 2.80. The fraction of sp³-hybridized carbons (Fsp3) is 0.500. The van der Waals surface area contributed by atoms with Gasteiger partial charge in [0.1, 0.15) is 5.75 Å². The molecule has 2 rings (SSSR count). The molecule has 1 atom stereocenters. The van der Waals surface area contributed by atoms with E-state index < -0.39 is 6.04 Å². The number of carbonyl (C=O) groups is 1. The number of hydrogen-bond acceptors (Lipinski definition) is 4. The first-order chi connectivity index (χ1) is 9.61. The van der Waals surface area contributed by atoms with Gasteiger partial charge in [-0.2, -0.15) is 0 Å². The minimum Gasteiger partial charge on any atom is -0.496 e. The molecule has 1 saturated heterocycles. The molecule has 1 unspecified atom stereocenters. The summed E-state index contributed by atoms with van der Waals surface area (Å²) in [6.07, 6.45) is 1.67. The summed E-state index contributed by atoms with van der Waals surface area (Å²) in [5.74, 6) is 0.746. The van der Waals surface area contributed by atoms with Crippen LogP contribution in [0, 0.1) is 5.92 Å². The van der Waals surface area contributed by atoms with Crippen LogP contribution in [0.5, 0.6) is 5.75 Å². The molecule has 1 fully saturated rings. The first-order valence-corrected chi connectivity index (χ1v) is 7.39. The van der Waals surface area contributed by atoms with Gasteiger partial charge in [0.25, 0.3) is 0 Å². The molecule has 7 heteroatoms. The van der Waals surface area contributed by atoms with E-state index in [-0.39, 0.29) is 24.2 Å². The zero-order valence-corrected chi connectivity index (χ0v) is 14.2. The molecule has 0 aromatic heterocycles. The molecule has 0 saturated carbocycles. The molecule has 3 N–H and O–H groups in total. The molecule has 5 nitrogen and oxygen atoms in total. The second-order valence-corrected chi connectivity index (χ2v) is 5.67. The maximum Gasteiger partial charge on any atom is 0.241 e. The molecule has 1 aliphatic rings. The van der Waals surface area contributed by atoms with Gasteiger partial charge in [-0.15, -0.1) is 12.4 Å². The number of nitrogens with two attached hydrogens (primary N) is 1. The Labute approximate surface area is 139 Å². The second kappa shape index (κ2) is 8.58. The number of rotatable bonds is 4. The lowest BCUT2D eigenvalue weighted by atomic mass is 9.92. The van der Waals surface area contributed by atoms with Crippen molar-refractivity contribution >= 4 is 39.9 Å². The third kappa shape index (κ3) is 4.85. The standard InChI is InChI=1S/C14H19BrN2O3.ClH/c1-19-12-3-2-10(8-11(12)15)17-14(18)13(16)9-4-6-20-7-5-9;/h2-3,8-9,13H,4-7,16H2,1H3,(H,17,18);1H. The van der Waals surface area contributed by atoms with Gasteiger partial charge in [-0.25, -0.2) is 0 Å². The first kappa shape index (κ1) is 18.2. The quantitative estimate of drug-likeness (QED) is 0.843. The molecule has 0 spiro atoms. The Balaban J connectivity index is 0.00000220. The Hall–Kier alpha value is -0.820. The summed E-state index contributed by atoms with van der Waals surface area (Å²) in [5.41, 5.74) is 6.73. The van der Waals surface area contributed by atoms with E-state index in [1.54, 1.807) is 25.3 Å². The average molecular weight is 380 g/mol. The van der Waals surface area contributed by atoms with Crippen LogP contribution in [0.4, 0.5) is 5.69 Å². The summed E-state index contributed by atoms with van der Waals surface area (Å²) < 4.78 is 11.2. The van der Waals surface area contributed by atoms with Crippen LogP contribution >= 0.6 is 28.3 Å². The minimum absolute atomic E-state index is 0. The highest BCUT2D eigenvalue weighted by atomic mass is 79.9. The number of halogens is 2. The molecule has 1 aliphatic heterocycles. The van der Waals surface area contributed by atoms with Gasteiger partial charge in [0, 0.05) is 18.9 Å². The minimum atomic E-state index is -0.500. The van der Waals surface area contributed by atoms with Gasteiger partial charge in [-0.05, 0) is 52.9 Å². The van der Waals surface area contributed by atoms with Crippen molar-refractivity contribution in [2.75, 3.05) is 25.6 Å². The number of nitrogens with one attached hydrogen (secondary N) is 1. The van der Waals surface area contributed by atoms with E-state index in [1.165, 1.54) is 0 Å². The van der Waals surface area contributed by atoms with Crippen molar-refractivity contribution in [3.05, 3.63) is 22.7 Å². The van der Waals surface area contributed by atoms with Gasteiger partial charge >= 0.3 is 0 Å². The molecule has 1 aromatic rings. The van der Waals surface area contributed by atoms with Crippen molar-refractivity contribution in [2.24, 2.45) is 11.7 Å². The molecule has 21 heavy (non-hydrogen) atoms. The molecular formula is C14H20BrClN2O3. The van der Waals surface area contributed by atoms with E-state index in [9.17, 15) is 4.79 Å². The van der Waals surface area contributed by atoms with Crippen molar-refractivity contribution in [3.8, 4) is 5.75 Å². The third-order valence-electron chi connectivity index (χ3n) is 3.50. The summed E-state index contributed by atoms with van der Waals surface area (Å²) in [7, 11) is 1.60. The highest BCUT2D eigenvalue weighted by Crippen LogP contribution is 2.28. The van der Waals surface area contributed by atoms with E-state index in [1.807, 2.05) is 0 Å². The van der Waals surface area contributed by atoms with Gasteiger partial charge in [0.05, 0.1) is 17.6 Å². The van der Waals surface area contributed by atoms with Gasteiger partial charge in [0.15, 0.2) is 0 Å². The Morgan fingerprint density at radius 1 is 1.48 bits per heavy atom. The van der Waals surface area contributed by atoms with E-state index in [2.05, 4.69) is 21.2 Å². The summed E-state index contributed by atoms with van der Waals surface area (Å²) >= 11 is 3.39. The van der Waals surface area contributed by atoms with E-state index in [0.717, 1.165) is 23.1 Å². The van der Waals surface area contributed by atoms with Crippen LogP contribution in [-0.2, 0) is 9.53 Å². The van der Waals surface area contributed by atoms with Crippen LogP contribution in [0.2, 0.25) is 0 Å². The van der Waals surface area contributed by atoms with Crippen molar-refractivity contribution in [2.45, 2.75) is 18.9 Å². The summed E-state index contributed by atoms with van der Waals surface area (Å²) in [5, 5.41) is 2.84. The van der Waals surface area contributed by atoms with Gasteiger partial charge in [0.2, 0.25) is 5.91 Å². The van der Waals surface area contributed by atoms with E-state index >= 15 is 0 Å². The molecule has 1 amide bonds. The number of ether oxygens (including phenoxy) is 2. The Morgan fingerprint density at radius 3 is 2.71 bits per heavy atom. The van der Waals surface area contributed by atoms with E-state index in [0.29, 0.717) is 18.9 Å². The van der Waals surface area contributed by atoms with Crippen molar-refractivity contribution in [1.82, 2.24) is 0 Å². The number of hydrogen-bond donors (Lipinski definition) is 2. The van der Waals surface area contributed by atoms with E-state index in [4.69, 9.17) is 15.2 Å². The van der Waals surface area contributed by atoms with Crippen molar-refractivity contribution in [3.63, 3.8) is 0 Å². The number of anilines is 1. The van der Waals surface area contributed by atoms with Crippen LogP contribution < -0.4 is 15.8 Å². The number of benzene rings is 1. The lowest BCUT2D eigenvalue weighted by molar-refractivity contribution is -0.119. The molecule has 1 aromatic carbocycles. The van der Waals surface area contributed by atoms with Crippen LogP contribution in [0.1, 0.15) is 12.8 Å². The molecular weight excluding hydrogens is 360 g/mol. The molecule has 1 heterocycles. The maximum atomic E-state index is 12.2. The topological polar surface area (TPSA) is 73.6 Å². The summed E-state index contributed by atoms with van der Waals surface area (Å²) in [6.45, 7) is 1.36. The summed E-state index contributed by atoms with van der Waals surface area (Å²) in [4.78, 5) is 12.2.